The van der Waals surface area contributed by atoms with Crippen molar-refractivity contribution in [2.45, 2.75) is 86.3 Å². The van der Waals surface area contributed by atoms with Crippen molar-refractivity contribution in [2.75, 3.05) is 39.8 Å². The Morgan fingerprint density at radius 2 is 1.85 bits per heavy atom. The number of piperidine rings is 3. The van der Waals surface area contributed by atoms with E-state index in [4.69, 9.17) is 16.3 Å². The second-order valence-corrected chi connectivity index (χ2v) is 13.9. The minimum Gasteiger partial charge on any atom is -0.380 e. The number of hydrogen-bond acceptors (Lipinski definition) is 9. The van der Waals surface area contributed by atoms with Gasteiger partial charge in [-0.15, -0.1) is 23.4 Å². The maximum atomic E-state index is 13.6. The summed E-state index contributed by atoms with van der Waals surface area (Å²) in [4.78, 5) is 28.7. The van der Waals surface area contributed by atoms with E-state index < -0.39 is 18.8 Å². The molecule has 0 aromatic heterocycles. The third-order valence-electron chi connectivity index (χ3n) is 9.37. The molecule has 0 bridgehead atoms. The maximum absolute atomic E-state index is 13.6. The smallest absolute Gasteiger partial charge is 0.345 e. The van der Waals surface area contributed by atoms with Gasteiger partial charge < -0.3 is 30.3 Å². The summed E-state index contributed by atoms with van der Waals surface area (Å²) in [7, 11) is 1.73. The number of carbonyl (C=O) groups excluding carboxylic acids is 2. The Hall–Kier alpha value is -0.800. The normalized spacial score (nSPS) is 44.0. The van der Waals surface area contributed by atoms with Gasteiger partial charge in [0, 0.05) is 57.2 Å². The van der Waals surface area contributed by atoms with Crippen LogP contribution in [0.25, 0.3) is 0 Å². The molecule has 0 spiro atoms. The number of likely N-dealkylation sites (tertiary alicyclic amines) is 1. The van der Waals surface area contributed by atoms with Gasteiger partial charge in [0.2, 0.25) is 11.8 Å². The molecule has 5 fully saturated rings. The van der Waals surface area contributed by atoms with Crippen molar-refractivity contribution in [3.05, 3.63) is 0 Å². The highest BCUT2D eigenvalue weighted by molar-refractivity contribution is 8.00. The average Bonchev–Trinajstić information content (AvgIpc) is 3.47. The van der Waals surface area contributed by atoms with Crippen LogP contribution in [0.15, 0.2) is 0 Å². The summed E-state index contributed by atoms with van der Waals surface area (Å²) in [5, 5.41) is 16.8. The van der Waals surface area contributed by atoms with Crippen molar-refractivity contribution in [1.82, 2.24) is 31.5 Å². The minimum atomic E-state index is -2.81. The lowest BCUT2D eigenvalue weighted by molar-refractivity contribution is -0.172. The molecular formula is C26H43ClF2N6O4S. The molecule has 12 unspecified atom stereocenters. The highest BCUT2D eigenvalue weighted by atomic mass is 35.5. The summed E-state index contributed by atoms with van der Waals surface area (Å²) >= 11 is 8.12. The van der Waals surface area contributed by atoms with E-state index in [0.717, 1.165) is 12.8 Å². The van der Waals surface area contributed by atoms with Gasteiger partial charge in [-0.2, -0.15) is 8.78 Å². The quantitative estimate of drug-likeness (QED) is 0.211. The molecule has 0 saturated carbocycles. The number of nitrogens with one attached hydrogen (secondary N) is 5. The van der Waals surface area contributed by atoms with Crippen LogP contribution in [0.3, 0.4) is 0 Å². The predicted molar refractivity (Wildman–Crippen MR) is 149 cm³/mol. The van der Waals surface area contributed by atoms with Crippen LogP contribution in [0.2, 0.25) is 0 Å². The number of carbonyl (C=O) groups is 2. The molecule has 5 heterocycles. The lowest BCUT2D eigenvalue weighted by atomic mass is 9.70. The molecule has 5 saturated heterocycles. The zero-order chi connectivity index (χ0) is 28.6. The van der Waals surface area contributed by atoms with E-state index in [2.05, 4.69) is 38.2 Å². The molecule has 0 aliphatic carbocycles. The van der Waals surface area contributed by atoms with Gasteiger partial charge in [0.15, 0.2) is 0 Å². The number of methoxy groups -OCH3 is 1. The molecule has 40 heavy (non-hydrogen) atoms. The number of rotatable bonds is 7. The Kier molecular flexibility index (Phi) is 10.1. The summed E-state index contributed by atoms with van der Waals surface area (Å²) in [6, 6.07) is -0.0118. The summed E-state index contributed by atoms with van der Waals surface area (Å²) in [6.45, 7) is 3.91. The van der Waals surface area contributed by atoms with Crippen LogP contribution in [0.5, 0.6) is 0 Å². The molecule has 10 nitrogen and oxygen atoms in total. The van der Waals surface area contributed by atoms with Crippen molar-refractivity contribution in [2.24, 2.45) is 23.7 Å². The van der Waals surface area contributed by atoms with Crippen molar-refractivity contribution in [1.29, 1.82) is 0 Å². The minimum absolute atomic E-state index is 0.00195. The van der Waals surface area contributed by atoms with Crippen LogP contribution in [0.1, 0.15) is 33.1 Å². The van der Waals surface area contributed by atoms with E-state index >= 15 is 0 Å². The molecule has 5 aliphatic heterocycles. The molecule has 0 aromatic carbocycles. The van der Waals surface area contributed by atoms with Gasteiger partial charge >= 0.3 is 6.61 Å². The standard InChI is InChI=1S/C26H43ClF2N6O4S/c1-12-4-14(39-25(28)29)7-32-22(12)24(37)35-10-18-20(11-35)40-26(33-18)34-23(36)17-8-30-13(2)5-15(17)16-6-21(27)31-9-19(16)38-3/h12-22,25-26,30-33H,4-11H2,1-3H3,(H,34,36). The molecule has 12 atom stereocenters. The monoisotopic (exact) mass is 608 g/mol. The van der Waals surface area contributed by atoms with E-state index in [1.165, 1.54) is 0 Å². The van der Waals surface area contributed by atoms with Crippen LogP contribution < -0.4 is 26.6 Å². The number of fused-ring (bicyclic) bond motifs is 1. The van der Waals surface area contributed by atoms with E-state index in [0.29, 0.717) is 38.6 Å². The number of hydrogen-bond donors (Lipinski definition) is 5. The Bertz CT molecular complexity index is 899. The number of alkyl halides is 3. The number of thioether (sulfide) groups is 1. The van der Waals surface area contributed by atoms with Gasteiger partial charge in [0.1, 0.15) is 5.50 Å². The second kappa shape index (κ2) is 13.2. The number of amides is 2. The fraction of sp³-hybridized carbons (Fsp3) is 0.923. The van der Waals surface area contributed by atoms with Crippen molar-refractivity contribution in [3.8, 4) is 0 Å². The molecule has 228 valence electrons. The van der Waals surface area contributed by atoms with Gasteiger partial charge in [-0.3, -0.25) is 20.2 Å². The van der Waals surface area contributed by atoms with Crippen LogP contribution in [0, 0.1) is 23.7 Å². The summed E-state index contributed by atoms with van der Waals surface area (Å²) in [5.41, 5.74) is -0.340. The molecule has 5 N–H and O–H groups in total. The summed E-state index contributed by atoms with van der Waals surface area (Å²) in [6.07, 6.45) is 1.50. The Morgan fingerprint density at radius 3 is 2.55 bits per heavy atom. The third-order valence-corrected chi connectivity index (χ3v) is 11.1. The number of nitrogens with zero attached hydrogens (tertiary/aromatic N) is 1. The molecule has 0 radical (unpaired) electrons. The van der Waals surface area contributed by atoms with Crippen molar-refractivity contribution >= 4 is 35.2 Å². The van der Waals surface area contributed by atoms with Crippen LogP contribution >= 0.6 is 23.4 Å². The predicted octanol–water partition coefficient (Wildman–Crippen LogP) is 0.711. The van der Waals surface area contributed by atoms with Gasteiger partial charge in [-0.25, -0.2) is 0 Å². The second-order valence-electron chi connectivity index (χ2n) is 12.1. The highest BCUT2D eigenvalue weighted by Crippen LogP contribution is 2.39. The van der Waals surface area contributed by atoms with E-state index in [1.54, 1.807) is 18.9 Å². The number of ether oxygens (including phenoxy) is 2. The lowest BCUT2D eigenvalue weighted by Gasteiger charge is -2.45. The first kappa shape index (κ1) is 30.7. The summed E-state index contributed by atoms with van der Waals surface area (Å²) in [5.74, 6) is 0.105. The fourth-order valence-corrected chi connectivity index (χ4v) is 9.02. The first-order valence-electron chi connectivity index (χ1n) is 14.4. The van der Waals surface area contributed by atoms with Crippen molar-refractivity contribution in [3.63, 3.8) is 0 Å². The van der Waals surface area contributed by atoms with Gasteiger partial charge in [-0.05, 0) is 43.9 Å². The van der Waals surface area contributed by atoms with Gasteiger partial charge in [0.05, 0.1) is 29.7 Å². The fourth-order valence-electron chi connectivity index (χ4n) is 7.32. The summed E-state index contributed by atoms with van der Waals surface area (Å²) < 4.78 is 35.6. The largest absolute Gasteiger partial charge is 0.380 e. The molecule has 2 amide bonds. The lowest BCUT2D eigenvalue weighted by Crippen LogP contribution is -2.58. The zero-order valence-electron chi connectivity index (χ0n) is 23.3. The van der Waals surface area contributed by atoms with Crippen molar-refractivity contribution < 1.29 is 27.8 Å². The molecule has 5 rings (SSSR count). The Balaban J connectivity index is 1.13. The molecule has 0 aromatic rings. The van der Waals surface area contributed by atoms with E-state index in [-0.39, 0.29) is 70.4 Å². The highest BCUT2D eigenvalue weighted by Gasteiger charge is 2.48. The number of halogens is 3. The molecule has 14 heteroatoms. The van der Waals surface area contributed by atoms with E-state index in [1.807, 2.05) is 11.8 Å². The first-order valence-corrected chi connectivity index (χ1v) is 15.8. The zero-order valence-corrected chi connectivity index (χ0v) is 24.9. The Labute approximate surface area is 244 Å². The van der Waals surface area contributed by atoms with Crippen LogP contribution in [0.4, 0.5) is 8.78 Å². The van der Waals surface area contributed by atoms with E-state index in [9.17, 15) is 18.4 Å². The molecule has 5 aliphatic rings. The first-order chi connectivity index (χ1) is 19.1. The van der Waals surface area contributed by atoms with Gasteiger partial charge in [0.25, 0.3) is 0 Å². The van der Waals surface area contributed by atoms with Crippen LogP contribution in [-0.4, -0.2) is 110 Å². The average molecular weight is 609 g/mol. The molecular weight excluding hydrogens is 566 g/mol. The van der Waals surface area contributed by atoms with Gasteiger partial charge in [-0.1, -0.05) is 6.92 Å². The Morgan fingerprint density at radius 1 is 1.05 bits per heavy atom. The van der Waals surface area contributed by atoms with Crippen LogP contribution in [-0.2, 0) is 19.1 Å². The maximum Gasteiger partial charge on any atom is 0.345 e. The topological polar surface area (TPSA) is 116 Å². The third kappa shape index (κ3) is 6.88. The SMILES string of the molecule is COC1CNC(Cl)CC1C1CC(C)NCC1C(=O)NC1NC2CN(C(=O)C3NCC(OC(F)F)CC3C)CC2S1.